The first kappa shape index (κ1) is 14.8. The molecule has 0 spiro atoms. The number of benzene rings is 1. The van der Waals surface area contributed by atoms with E-state index < -0.39 is 0 Å². The number of fused-ring (bicyclic) bond motifs is 1. The summed E-state index contributed by atoms with van der Waals surface area (Å²) in [4.78, 5) is 0. The molecule has 1 aromatic rings. The Morgan fingerprint density at radius 2 is 1.76 bits per heavy atom. The lowest BCUT2D eigenvalue weighted by Crippen LogP contribution is -2.39. The maximum atomic E-state index is 6.39. The molecule has 0 radical (unpaired) electrons. The standard InChI is InChI=1S/C17H24ClNO2/c1-17(2,3)11-6-4-5-7-13(11)19-14-9-16-15(8-12(14)18)20-10-21-16/h8-9,11,13,19H,4-7,10H2,1-3H3. The molecule has 0 bridgehead atoms. The Hall–Kier alpha value is -1.09. The van der Waals surface area contributed by atoms with Crippen molar-refractivity contribution in [3.8, 4) is 11.5 Å². The van der Waals surface area contributed by atoms with E-state index in [1.165, 1.54) is 25.7 Å². The van der Waals surface area contributed by atoms with Gasteiger partial charge in [-0.15, -0.1) is 0 Å². The highest BCUT2D eigenvalue weighted by Gasteiger charge is 2.34. The largest absolute Gasteiger partial charge is 0.454 e. The van der Waals surface area contributed by atoms with E-state index in [0.29, 0.717) is 22.4 Å². The van der Waals surface area contributed by atoms with Gasteiger partial charge in [0.1, 0.15) is 0 Å². The summed E-state index contributed by atoms with van der Waals surface area (Å²) in [7, 11) is 0. The predicted molar refractivity (Wildman–Crippen MR) is 86.4 cm³/mol. The van der Waals surface area contributed by atoms with Crippen LogP contribution in [-0.2, 0) is 0 Å². The fourth-order valence-corrected chi connectivity index (χ4v) is 3.78. The topological polar surface area (TPSA) is 30.5 Å². The Morgan fingerprint density at radius 3 is 2.48 bits per heavy atom. The summed E-state index contributed by atoms with van der Waals surface area (Å²) in [5, 5.41) is 4.37. The van der Waals surface area contributed by atoms with Gasteiger partial charge in [-0.1, -0.05) is 45.2 Å². The Balaban J connectivity index is 1.82. The van der Waals surface area contributed by atoms with Crippen molar-refractivity contribution in [3.05, 3.63) is 17.2 Å². The van der Waals surface area contributed by atoms with Crippen LogP contribution in [0.1, 0.15) is 46.5 Å². The van der Waals surface area contributed by atoms with E-state index in [0.717, 1.165) is 17.2 Å². The average molecular weight is 310 g/mol. The SMILES string of the molecule is CC(C)(C)C1CCCCC1Nc1cc2c(cc1Cl)OCO2. The van der Waals surface area contributed by atoms with Crippen molar-refractivity contribution in [2.75, 3.05) is 12.1 Å². The van der Waals surface area contributed by atoms with E-state index in [2.05, 4.69) is 26.1 Å². The molecule has 2 atom stereocenters. The van der Waals surface area contributed by atoms with Crippen molar-refractivity contribution in [3.63, 3.8) is 0 Å². The van der Waals surface area contributed by atoms with Gasteiger partial charge in [0.2, 0.25) is 6.79 Å². The summed E-state index contributed by atoms with van der Waals surface area (Å²) < 4.78 is 10.8. The van der Waals surface area contributed by atoms with E-state index >= 15 is 0 Å². The molecule has 0 amide bonds. The van der Waals surface area contributed by atoms with Crippen LogP contribution in [0.4, 0.5) is 5.69 Å². The Labute approximate surface area is 132 Å². The van der Waals surface area contributed by atoms with Crippen molar-refractivity contribution < 1.29 is 9.47 Å². The smallest absolute Gasteiger partial charge is 0.231 e. The molecule has 1 aliphatic carbocycles. The quantitative estimate of drug-likeness (QED) is 0.826. The van der Waals surface area contributed by atoms with Crippen molar-refractivity contribution in [1.29, 1.82) is 0 Å². The molecule has 0 saturated heterocycles. The number of ether oxygens (including phenoxy) is 2. The van der Waals surface area contributed by atoms with E-state index in [1.807, 2.05) is 12.1 Å². The Morgan fingerprint density at radius 1 is 1.10 bits per heavy atom. The van der Waals surface area contributed by atoms with Crippen LogP contribution in [0.3, 0.4) is 0 Å². The van der Waals surface area contributed by atoms with Crippen LogP contribution in [0.15, 0.2) is 12.1 Å². The van der Waals surface area contributed by atoms with Crippen molar-refractivity contribution in [2.24, 2.45) is 11.3 Å². The summed E-state index contributed by atoms with van der Waals surface area (Å²) in [5.41, 5.74) is 1.27. The van der Waals surface area contributed by atoms with E-state index in [1.54, 1.807) is 0 Å². The van der Waals surface area contributed by atoms with Crippen LogP contribution >= 0.6 is 11.6 Å². The van der Waals surface area contributed by atoms with Gasteiger partial charge in [-0.25, -0.2) is 0 Å². The minimum Gasteiger partial charge on any atom is -0.454 e. The molecular weight excluding hydrogens is 286 g/mol. The summed E-state index contributed by atoms with van der Waals surface area (Å²) in [6.45, 7) is 7.28. The third-order valence-corrected chi connectivity index (χ3v) is 4.99. The van der Waals surface area contributed by atoms with Gasteiger partial charge < -0.3 is 14.8 Å². The lowest BCUT2D eigenvalue weighted by Gasteiger charge is -2.41. The second-order valence-corrected chi connectivity index (χ2v) is 7.60. The predicted octanol–water partition coefficient (Wildman–Crippen LogP) is 5.09. The average Bonchev–Trinajstić information content (AvgIpc) is 2.85. The molecule has 1 heterocycles. The van der Waals surface area contributed by atoms with E-state index in [9.17, 15) is 0 Å². The van der Waals surface area contributed by atoms with Crippen LogP contribution in [-0.4, -0.2) is 12.8 Å². The first-order valence-corrected chi connectivity index (χ1v) is 8.18. The number of anilines is 1. The first-order chi connectivity index (χ1) is 9.95. The highest BCUT2D eigenvalue weighted by molar-refractivity contribution is 6.33. The normalized spacial score (nSPS) is 25.0. The zero-order chi connectivity index (χ0) is 15.0. The van der Waals surface area contributed by atoms with E-state index in [4.69, 9.17) is 21.1 Å². The molecule has 21 heavy (non-hydrogen) atoms. The summed E-state index contributed by atoms with van der Waals surface area (Å²) in [6.07, 6.45) is 5.09. The zero-order valence-corrected chi connectivity index (χ0v) is 13.8. The van der Waals surface area contributed by atoms with Crippen LogP contribution < -0.4 is 14.8 Å². The van der Waals surface area contributed by atoms with Gasteiger partial charge in [-0.2, -0.15) is 0 Å². The van der Waals surface area contributed by atoms with E-state index in [-0.39, 0.29) is 6.79 Å². The molecular formula is C17H24ClNO2. The molecule has 2 aliphatic rings. The number of hydrogen-bond donors (Lipinski definition) is 1. The second kappa shape index (κ2) is 5.60. The van der Waals surface area contributed by atoms with Gasteiger partial charge in [0, 0.05) is 18.2 Å². The van der Waals surface area contributed by atoms with Crippen LogP contribution in [0.5, 0.6) is 11.5 Å². The molecule has 1 aliphatic heterocycles. The lowest BCUT2D eigenvalue weighted by molar-refractivity contribution is 0.163. The minimum atomic E-state index is 0.281. The first-order valence-electron chi connectivity index (χ1n) is 7.81. The second-order valence-electron chi connectivity index (χ2n) is 7.19. The highest BCUT2D eigenvalue weighted by atomic mass is 35.5. The fourth-order valence-electron chi connectivity index (χ4n) is 3.57. The van der Waals surface area contributed by atoms with Crippen LogP contribution in [0.25, 0.3) is 0 Å². The summed E-state index contributed by atoms with van der Waals surface area (Å²) >= 11 is 6.39. The molecule has 0 aromatic heterocycles. The van der Waals surface area contributed by atoms with Crippen molar-refractivity contribution in [2.45, 2.75) is 52.5 Å². The van der Waals surface area contributed by atoms with Crippen molar-refractivity contribution >= 4 is 17.3 Å². The number of hydrogen-bond acceptors (Lipinski definition) is 3. The van der Waals surface area contributed by atoms with Gasteiger partial charge in [-0.3, -0.25) is 0 Å². The fraction of sp³-hybridized carbons (Fsp3) is 0.647. The molecule has 1 N–H and O–H groups in total. The highest BCUT2D eigenvalue weighted by Crippen LogP contribution is 2.43. The van der Waals surface area contributed by atoms with Gasteiger partial charge in [0.05, 0.1) is 10.7 Å². The molecule has 116 valence electrons. The number of rotatable bonds is 2. The Bertz CT molecular complexity index is 524. The number of nitrogens with one attached hydrogen (secondary N) is 1. The minimum absolute atomic E-state index is 0.281. The zero-order valence-electron chi connectivity index (χ0n) is 13.0. The van der Waals surface area contributed by atoms with Gasteiger partial charge in [0.25, 0.3) is 0 Å². The molecule has 3 rings (SSSR count). The molecule has 1 saturated carbocycles. The van der Waals surface area contributed by atoms with Gasteiger partial charge >= 0.3 is 0 Å². The maximum Gasteiger partial charge on any atom is 0.231 e. The van der Waals surface area contributed by atoms with Crippen LogP contribution in [0.2, 0.25) is 5.02 Å². The summed E-state index contributed by atoms with van der Waals surface area (Å²) in [5.74, 6) is 2.18. The maximum absolute atomic E-state index is 6.39. The third kappa shape index (κ3) is 3.08. The van der Waals surface area contributed by atoms with Crippen LogP contribution in [0, 0.1) is 11.3 Å². The lowest BCUT2D eigenvalue weighted by atomic mass is 9.69. The molecule has 2 unspecified atom stereocenters. The molecule has 4 heteroatoms. The van der Waals surface area contributed by atoms with Gasteiger partial charge in [0.15, 0.2) is 11.5 Å². The molecule has 1 aromatic carbocycles. The Kier molecular flexibility index (Phi) is 3.96. The molecule has 3 nitrogen and oxygen atoms in total. The van der Waals surface area contributed by atoms with Crippen molar-refractivity contribution in [1.82, 2.24) is 0 Å². The monoisotopic (exact) mass is 309 g/mol. The summed E-state index contributed by atoms with van der Waals surface area (Å²) in [6, 6.07) is 4.29. The van der Waals surface area contributed by atoms with Gasteiger partial charge in [-0.05, 0) is 24.2 Å². The molecule has 1 fully saturated rings. The number of halogens is 1. The third-order valence-electron chi connectivity index (χ3n) is 4.68.